The van der Waals surface area contributed by atoms with Crippen LogP contribution in [0.2, 0.25) is 5.02 Å². The zero-order valence-corrected chi connectivity index (χ0v) is 13.1. The molecule has 2 rings (SSSR count). The third-order valence-electron chi connectivity index (χ3n) is 3.73. The van der Waals surface area contributed by atoms with Crippen molar-refractivity contribution in [2.75, 3.05) is 19.8 Å². The monoisotopic (exact) mass is 325 g/mol. The van der Waals surface area contributed by atoms with Gasteiger partial charge in [-0.15, -0.1) is 0 Å². The molecule has 5 nitrogen and oxygen atoms in total. The minimum atomic E-state index is -0.908. The number of carbonyl (C=O) groups is 2. The molecule has 0 spiro atoms. The van der Waals surface area contributed by atoms with Gasteiger partial charge in [0.25, 0.3) is 0 Å². The lowest BCUT2D eigenvalue weighted by molar-refractivity contribution is -0.146. The first-order valence-corrected chi connectivity index (χ1v) is 7.77. The van der Waals surface area contributed by atoms with E-state index >= 15 is 0 Å². The van der Waals surface area contributed by atoms with E-state index in [2.05, 4.69) is 0 Å². The van der Waals surface area contributed by atoms with Crippen molar-refractivity contribution in [3.8, 4) is 0 Å². The summed E-state index contributed by atoms with van der Waals surface area (Å²) in [6.45, 7) is 1.24. The number of carboxylic acids is 1. The SMILES string of the molecule is O=C(O)C[C@H]1COCCN1C(=O)CCCc1ccc(Cl)cc1. The Morgan fingerprint density at radius 1 is 1.32 bits per heavy atom. The van der Waals surface area contributed by atoms with Crippen LogP contribution in [0, 0.1) is 0 Å². The van der Waals surface area contributed by atoms with Gasteiger partial charge in [0.1, 0.15) is 0 Å². The van der Waals surface area contributed by atoms with E-state index in [1.807, 2.05) is 24.3 Å². The van der Waals surface area contributed by atoms with Gasteiger partial charge in [0.05, 0.1) is 25.7 Å². The lowest BCUT2D eigenvalue weighted by atomic mass is 10.1. The van der Waals surface area contributed by atoms with Crippen molar-refractivity contribution in [3.63, 3.8) is 0 Å². The standard InChI is InChI=1S/C16H20ClNO4/c17-13-6-4-12(5-7-13)2-1-3-15(19)18-8-9-22-11-14(18)10-16(20)21/h4-7,14H,1-3,8-11H2,(H,20,21)/t14-/m0/s1. The Hall–Kier alpha value is -1.59. The molecule has 1 atom stereocenters. The molecule has 0 aromatic heterocycles. The zero-order chi connectivity index (χ0) is 15.9. The largest absolute Gasteiger partial charge is 0.481 e. The summed E-state index contributed by atoms with van der Waals surface area (Å²) in [6.07, 6.45) is 1.89. The Morgan fingerprint density at radius 2 is 2.05 bits per heavy atom. The van der Waals surface area contributed by atoms with Gasteiger partial charge in [0, 0.05) is 18.0 Å². The molecule has 1 saturated heterocycles. The highest BCUT2D eigenvalue weighted by molar-refractivity contribution is 6.30. The molecule has 1 aliphatic heterocycles. The van der Waals surface area contributed by atoms with Gasteiger partial charge in [-0.05, 0) is 30.5 Å². The van der Waals surface area contributed by atoms with Crippen LogP contribution in [-0.4, -0.2) is 47.7 Å². The molecule has 0 aliphatic carbocycles. The molecule has 0 bridgehead atoms. The molecule has 0 unspecified atom stereocenters. The van der Waals surface area contributed by atoms with Crippen LogP contribution in [0.25, 0.3) is 0 Å². The predicted molar refractivity (Wildman–Crippen MR) is 83.0 cm³/mol. The Bertz CT molecular complexity index is 517. The number of aryl methyl sites for hydroxylation is 1. The van der Waals surface area contributed by atoms with E-state index in [1.54, 1.807) is 4.90 Å². The topological polar surface area (TPSA) is 66.8 Å². The Kier molecular flexibility index (Phi) is 6.21. The fourth-order valence-electron chi connectivity index (χ4n) is 2.59. The molecule has 0 saturated carbocycles. The summed E-state index contributed by atoms with van der Waals surface area (Å²) in [6, 6.07) is 7.23. The molecule has 0 radical (unpaired) electrons. The Balaban J connectivity index is 1.82. The Labute approximate surface area is 134 Å². The number of nitrogens with zero attached hydrogens (tertiary/aromatic N) is 1. The van der Waals surface area contributed by atoms with Gasteiger partial charge in [0.15, 0.2) is 0 Å². The van der Waals surface area contributed by atoms with E-state index in [1.165, 1.54) is 0 Å². The van der Waals surface area contributed by atoms with Crippen molar-refractivity contribution in [1.29, 1.82) is 0 Å². The van der Waals surface area contributed by atoms with Crippen LogP contribution in [0.5, 0.6) is 0 Å². The van der Waals surface area contributed by atoms with Crippen LogP contribution >= 0.6 is 11.6 Å². The number of hydrogen-bond donors (Lipinski definition) is 1. The molecular weight excluding hydrogens is 306 g/mol. The number of carbonyl (C=O) groups excluding carboxylic acids is 1. The highest BCUT2D eigenvalue weighted by atomic mass is 35.5. The number of benzene rings is 1. The van der Waals surface area contributed by atoms with Crippen molar-refractivity contribution >= 4 is 23.5 Å². The molecule has 6 heteroatoms. The van der Waals surface area contributed by atoms with Crippen molar-refractivity contribution in [2.24, 2.45) is 0 Å². The zero-order valence-electron chi connectivity index (χ0n) is 12.3. The number of hydrogen-bond acceptors (Lipinski definition) is 3. The van der Waals surface area contributed by atoms with E-state index in [4.69, 9.17) is 21.4 Å². The first-order valence-electron chi connectivity index (χ1n) is 7.39. The third kappa shape index (κ3) is 5.00. The first-order chi connectivity index (χ1) is 10.6. The van der Waals surface area contributed by atoms with Crippen molar-refractivity contribution in [2.45, 2.75) is 31.7 Å². The van der Waals surface area contributed by atoms with E-state index in [9.17, 15) is 9.59 Å². The lowest BCUT2D eigenvalue weighted by Gasteiger charge is -2.35. The highest BCUT2D eigenvalue weighted by Crippen LogP contribution is 2.15. The highest BCUT2D eigenvalue weighted by Gasteiger charge is 2.28. The first kappa shape index (κ1) is 16.8. The van der Waals surface area contributed by atoms with Crippen molar-refractivity contribution in [3.05, 3.63) is 34.9 Å². The predicted octanol–water partition coefficient (Wildman–Crippen LogP) is 2.36. The number of amides is 1. The molecular formula is C16H20ClNO4. The molecule has 1 heterocycles. The maximum absolute atomic E-state index is 12.3. The number of morpholine rings is 1. The molecule has 1 fully saturated rings. The molecule has 1 aromatic carbocycles. The summed E-state index contributed by atoms with van der Waals surface area (Å²) in [5.74, 6) is -0.905. The lowest BCUT2D eigenvalue weighted by Crippen LogP contribution is -2.49. The molecule has 1 N–H and O–H groups in total. The summed E-state index contributed by atoms with van der Waals surface area (Å²) in [5.41, 5.74) is 1.14. The van der Waals surface area contributed by atoms with Crippen LogP contribution in [0.15, 0.2) is 24.3 Å². The average Bonchev–Trinajstić information content (AvgIpc) is 2.49. The maximum Gasteiger partial charge on any atom is 0.305 e. The van der Waals surface area contributed by atoms with Gasteiger partial charge in [-0.2, -0.15) is 0 Å². The van der Waals surface area contributed by atoms with E-state index in [0.29, 0.717) is 31.2 Å². The summed E-state index contributed by atoms with van der Waals surface area (Å²) in [7, 11) is 0. The number of aliphatic carboxylic acids is 1. The molecule has 1 aliphatic rings. The maximum atomic E-state index is 12.3. The van der Waals surface area contributed by atoms with Gasteiger partial charge in [-0.3, -0.25) is 9.59 Å². The summed E-state index contributed by atoms with van der Waals surface area (Å²) >= 11 is 5.83. The normalized spacial score (nSPS) is 18.2. The van der Waals surface area contributed by atoms with Crippen molar-refractivity contribution < 1.29 is 19.4 Å². The smallest absolute Gasteiger partial charge is 0.305 e. The fourth-order valence-corrected chi connectivity index (χ4v) is 2.72. The van der Waals surface area contributed by atoms with Gasteiger partial charge in [0.2, 0.25) is 5.91 Å². The second kappa shape index (κ2) is 8.15. The van der Waals surface area contributed by atoms with Gasteiger partial charge < -0.3 is 14.7 Å². The molecule has 1 aromatic rings. The van der Waals surface area contributed by atoms with Crippen LogP contribution in [0.4, 0.5) is 0 Å². The van der Waals surface area contributed by atoms with E-state index in [0.717, 1.165) is 18.4 Å². The van der Waals surface area contributed by atoms with Crippen LogP contribution in [-0.2, 0) is 20.7 Å². The minimum absolute atomic E-state index is 0.00325. The quantitative estimate of drug-likeness (QED) is 0.872. The molecule has 22 heavy (non-hydrogen) atoms. The number of carboxylic acid groups (broad SMARTS) is 1. The van der Waals surface area contributed by atoms with Gasteiger partial charge in [-0.1, -0.05) is 23.7 Å². The van der Waals surface area contributed by atoms with Crippen LogP contribution in [0.1, 0.15) is 24.8 Å². The number of ether oxygens (including phenoxy) is 1. The second-order valence-corrected chi connectivity index (χ2v) is 5.83. The molecule has 120 valence electrons. The summed E-state index contributed by atoms with van der Waals surface area (Å²) < 4.78 is 5.28. The minimum Gasteiger partial charge on any atom is -0.481 e. The second-order valence-electron chi connectivity index (χ2n) is 5.39. The Morgan fingerprint density at radius 3 is 2.73 bits per heavy atom. The van der Waals surface area contributed by atoms with E-state index in [-0.39, 0.29) is 18.4 Å². The summed E-state index contributed by atoms with van der Waals surface area (Å²) in [5, 5.41) is 9.61. The third-order valence-corrected chi connectivity index (χ3v) is 3.98. The average molecular weight is 326 g/mol. The number of rotatable bonds is 6. The number of halogens is 1. The van der Waals surface area contributed by atoms with E-state index < -0.39 is 5.97 Å². The molecule has 1 amide bonds. The summed E-state index contributed by atoms with van der Waals surface area (Å²) in [4.78, 5) is 24.8. The van der Waals surface area contributed by atoms with Crippen molar-refractivity contribution in [1.82, 2.24) is 4.90 Å². The van der Waals surface area contributed by atoms with Crippen LogP contribution in [0.3, 0.4) is 0 Å². The van der Waals surface area contributed by atoms with Crippen LogP contribution < -0.4 is 0 Å². The van der Waals surface area contributed by atoms with Gasteiger partial charge >= 0.3 is 5.97 Å². The van der Waals surface area contributed by atoms with Gasteiger partial charge in [-0.25, -0.2) is 0 Å². The fraction of sp³-hybridized carbons (Fsp3) is 0.500.